The van der Waals surface area contributed by atoms with Gasteiger partial charge in [0.15, 0.2) is 5.15 Å². The number of aromatic nitrogens is 1. The van der Waals surface area contributed by atoms with Gasteiger partial charge in [0.05, 0.1) is 11.6 Å². The molecule has 1 aliphatic heterocycles. The summed E-state index contributed by atoms with van der Waals surface area (Å²) in [5.74, 6) is -0.774. The van der Waals surface area contributed by atoms with Crippen molar-refractivity contribution in [3.63, 3.8) is 0 Å². The van der Waals surface area contributed by atoms with E-state index in [0.717, 1.165) is 5.69 Å². The van der Waals surface area contributed by atoms with Crippen molar-refractivity contribution in [2.24, 2.45) is 5.92 Å². The summed E-state index contributed by atoms with van der Waals surface area (Å²) >= 11 is 11.8. The van der Waals surface area contributed by atoms with E-state index in [4.69, 9.17) is 23.2 Å². The summed E-state index contributed by atoms with van der Waals surface area (Å²) in [6.07, 6.45) is 1.70. The van der Waals surface area contributed by atoms with Crippen molar-refractivity contribution >= 4 is 46.4 Å². The van der Waals surface area contributed by atoms with E-state index in [9.17, 15) is 9.59 Å². The molecule has 2 aromatic rings. The van der Waals surface area contributed by atoms with Gasteiger partial charge in [-0.25, -0.2) is 4.98 Å². The van der Waals surface area contributed by atoms with Crippen molar-refractivity contribution in [3.8, 4) is 0 Å². The summed E-state index contributed by atoms with van der Waals surface area (Å²) in [6.45, 7) is 0.324. The fraction of sp³-hybridized carbons (Fsp3) is 0.188. The zero-order valence-corrected chi connectivity index (χ0v) is 13.5. The lowest BCUT2D eigenvalue weighted by atomic mass is 10.1. The van der Waals surface area contributed by atoms with Gasteiger partial charge in [-0.2, -0.15) is 0 Å². The maximum atomic E-state index is 12.3. The Balaban J connectivity index is 1.71. The first kappa shape index (κ1) is 15.8. The van der Waals surface area contributed by atoms with Crippen LogP contribution in [0.4, 0.5) is 11.4 Å². The highest BCUT2D eigenvalue weighted by Crippen LogP contribution is 2.27. The molecule has 118 valence electrons. The van der Waals surface area contributed by atoms with Gasteiger partial charge in [0.25, 0.3) is 0 Å². The number of pyridine rings is 1. The Morgan fingerprint density at radius 2 is 1.96 bits per heavy atom. The highest BCUT2D eigenvalue weighted by atomic mass is 35.5. The Kier molecular flexibility index (Phi) is 4.50. The molecule has 1 aromatic carbocycles. The van der Waals surface area contributed by atoms with Crippen molar-refractivity contribution in [3.05, 3.63) is 52.8 Å². The number of hydrogen-bond acceptors (Lipinski definition) is 3. The standard InChI is InChI=1S/C16H13Cl2N3O2/c17-11-3-5-12(6-4-11)21-9-10(8-14(21)22)16(23)20-13-2-1-7-19-15(13)18/h1-7,10H,8-9H2,(H,20,23). The molecular weight excluding hydrogens is 337 g/mol. The molecule has 3 rings (SSSR count). The number of nitrogens with one attached hydrogen (secondary N) is 1. The highest BCUT2D eigenvalue weighted by Gasteiger charge is 2.35. The molecule has 1 fully saturated rings. The summed E-state index contributed by atoms with van der Waals surface area (Å²) in [4.78, 5) is 30.0. The second kappa shape index (κ2) is 6.56. The van der Waals surface area contributed by atoms with E-state index in [2.05, 4.69) is 10.3 Å². The molecule has 0 radical (unpaired) electrons. The van der Waals surface area contributed by atoms with Gasteiger partial charge in [-0.15, -0.1) is 0 Å². The number of nitrogens with zero attached hydrogens (tertiary/aromatic N) is 2. The monoisotopic (exact) mass is 349 g/mol. The number of anilines is 2. The van der Waals surface area contributed by atoms with Crippen LogP contribution < -0.4 is 10.2 Å². The topological polar surface area (TPSA) is 62.3 Å². The van der Waals surface area contributed by atoms with E-state index in [1.165, 1.54) is 0 Å². The zero-order chi connectivity index (χ0) is 16.4. The summed E-state index contributed by atoms with van der Waals surface area (Å²) in [6, 6.07) is 10.3. The van der Waals surface area contributed by atoms with Crippen LogP contribution in [0.25, 0.3) is 0 Å². The van der Waals surface area contributed by atoms with E-state index in [1.807, 2.05) is 0 Å². The van der Waals surface area contributed by atoms with E-state index in [1.54, 1.807) is 47.5 Å². The molecule has 0 spiro atoms. The van der Waals surface area contributed by atoms with Crippen molar-refractivity contribution < 1.29 is 9.59 Å². The van der Waals surface area contributed by atoms with Gasteiger partial charge in [0, 0.05) is 29.9 Å². The molecule has 2 heterocycles. The fourth-order valence-corrected chi connectivity index (χ4v) is 2.76. The van der Waals surface area contributed by atoms with Gasteiger partial charge in [0.1, 0.15) is 0 Å². The summed E-state index contributed by atoms with van der Waals surface area (Å²) in [7, 11) is 0. The van der Waals surface area contributed by atoms with Gasteiger partial charge in [0.2, 0.25) is 11.8 Å². The lowest BCUT2D eigenvalue weighted by Gasteiger charge is -2.16. The number of rotatable bonds is 3. The van der Waals surface area contributed by atoms with E-state index in [0.29, 0.717) is 17.3 Å². The SMILES string of the molecule is O=C(Nc1cccnc1Cl)C1CC(=O)N(c2ccc(Cl)cc2)C1. The summed E-state index contributed by atoms with van der Waals surface area (Å²) < 4.78 is 0. The minimum atomic E-state index is -0.436. The van der Waals surface area contributed by atoms with Crippen LogP contribution in [-0.4, -0.2) is 23.3 Å². The Morgan fingerprint density at radius 1 is 1.22 bits per heavy atom. The second-order valence-electron chi connectivity index (χ2n) is 5.21. The smallest absolute Gasteiger partial charge is 0.229 e. The maximum absolute atomic E-state index is 12.3. The molecule has 0 aliphatic carbocycles. The van der Waals surface area contributed by atoms with E-state index < -0.39 is 5.92 Å². The quantitative estimate of drug-likeness (QED) is 0.864. The number of carbonyl (C=O) groups is 2. The van der Waals surface area contributed by atoms with Crippen LogP contribution >= 0.6 is 23.2 Å². The van der Waals surface area contributed by atoms with Crippen LogP contribution in [0.5, 0.6) is 0 Å². The number of hydrogen-bond donors (Lipinski definition) is 1. The number of halogens is 2. The second-order valence-corrected chi connectivity index (χ2v) is 6.01. The van der Waals surface area contributed by atoms with Crippen LogP contribution in [-0.2, 0) is 9.59 Å². The minimum Gasteiger partial charge on any atom is -0.323 e. The zero-order valence-electron chi connectivity index (χ0n) is 12.0. The molecule has 1 N–H and O–H groups in total. The van der Waals surface area contributed by atoms with Gasteiger partial charge in [-0.1, -0.05) is 23.2 Å². The lowest BCUT2D eigenvalue weighted by molar-refractivity contribution is -0.122. The molecule has 1 aromatic heterocycles. The molecule has 0 bridgehead atoms. The number of benzene rings is 1. The molecule has 1 aliphatic rings. The molecule has 5 nitrogen and oxygen atoms in total. The van der Waals surface area contributed by atoms with Crippen LogP contribution in [0, 0.1) is 5.92 Å². The summed E-state index contributed by atoms with van der Waals surface area (Å²) in [5, 5.41) is 3.54. The van der Waals surface area contributed by atoms with Gasteiger partial charge >= 0.3 is 0 Å². The first-order chi connectivity index (χ1) is 11.0. The predicted octanol–water partition coefficient (Wildman–Crippen LogP) is 3.38. The average Bonchev–Trinajstić information content (AvgIpc) is 2.92. The number of amides is 2. The number of carbonyl (C=O) groups excluding carboxylic acids is 2. The van der Waals surface area contributed by atoms with Gasteiger partial charge in [-0.05, 0) is 36.4 Å². The predicted molar refractivity (Wildman–Crippen MR) is 89.8 cm³/mol. The molecule has 1 atom stereocenters. The Hall–Kier alpha value is -2.11. The van der Waals surface area contributed by atoms with E-state index >= 15 is 0 Å². The first-order valence-corrected chi connectivity index (χ1v) is 7.77. The molecule has 1 unspecified atom stereocenters. The molecule has 2 amide bonds. The largest absolute Gasteiger partial charge is 0.323 e. The van der Waals surface area contributed by atoms with Crippen LogP contribution in [0.1, 0.15) is 6.42 Å². The van der Waals surface area contributed by atoms with Gasteiger partial charge < -0.3 is 10.2 Å². The van der Waals surface area contributed by atoms with Crippen LogP contribution in [0.3, 0.4) is 0 Å². The Labute approximate surface area is 143 Å². The fourth-order valence-electron chi connectivity index (χ4n) is 2.47. The molecule has 0 saturated carbocycles. The van der Waals surface area contributed by atoms with Crippen molar-refractivity contribution in [2.45, 2.75) is 6.42 Å². The first-order valence-electron chi connectivity index (χ1n) is 7.02. The normalized spacial score (nSPS) is 17.4. The Bertz CT molecular complexity index is 749. The highest BCUT2D eigenvalue weighted by molar-refractivity contribution is 6.32. The minimum absolute atomic E-state index is 0.0928. The average molecular weight is 350 g/mol. The Morgan fingerprint density at radius 3 is 2.65 bits per heavy atom. The summed E-state index contributed by atoms with van der Waals surface area (Å²) in [5.41, 5.74) is 1.17. The third-order valence-corrected chi connectivity index (χ3v) is 4.20. The lowest BCUT2D eigenvalue weighted by Crippen LogP contribution is -2.28. The van der Waals surface area contributed by atoms with Crippen LogP contribution in [0.2, 0.25) is 10.2 Å². The molecule has 1 saturated heterocycles. The molecule has 7 heteroatoms. The third kappa shape index (κ3) is 3.46. The third-order valence-electron chi connectivity index (χ3n) is 3.65. The van der Waals surface area contributed by atoms with Crippen molar-refractivity contribution in [1.29, 1.82) is 0 Å². The van der Waals surface area contributed by atoms with Crippen LogP contribution in [0.15, 0.2) is 42.6 Å². The van der Waals surface area contributed by atoms with Crippen molar-refractivity contribution in [2.75, 3.05) is 16.8 Å². The maximum Gasteiger partial charge on any atom is 0.229 e. The van der Waals surface area contributed by atoms with Crippen molar-refractivity contribution in [1.82, 2.24) is 4.98 Å². The molecule has 23 heavy (non-hydrogen) atoms. The molecular formula is C16H13Cl2N3O2. The van der Waals surface area contributed by atoms with Gasteiger partial charge in [-0.3, -0.25) is 9.59 Å². The van der Waals surface area contributed by atoms with E-state index in [-0.39, 0.29) is 23.4 Å².